The van der Waals surface area contributed by atoms with Gasteiger partial charge < -0.3 is 20.1 Å². The van der Waals surface area contributed by atoms with Crippen molar-refractivity contribution >= 4 is 0 Å². The summed E-state index contributed by atoms with van der Waals surface area (Å²) >= 11 is 0. The van der Waals surface area contributed by atoms with Gasteiger partial charge >= 0.3 is 0 Å². The minimum atomic E-state index is -1.09. The van der Waals surface area contributed by atoms with Crippen molar-refractivity contribution in [2.24, 2.45) is 0 Å². The van der Waals surface area contributed by atoms with Gasteiger partial charge in [0.05, 0.1) is 12.2 Å². The van der Waals surface area contributed by atoms with E-state index in [-0.39, 0.29) is 0 Å². The fourth-order valence-corrected chi connectivity index (χ4v) is 1.26. The third-order valence-electron chi connectivity index (χ3n) is 2.09. The Labute approximate surface area is 65.4 Å². The van der Waals surface area contributed by atoms with Crippen LogP contribution in [-0.2, 0) is 4.74 Å². The molecule has 66 valence electrons. The Hall–Kier alpha value is -0.160. The average Bonchev–Trinajstić information content (AvgIpc) is 1.97. The molecule has 0 aliphatic carbocycles. The molecule has 1 rings (SSSR count). The maximum atomic E-state index is 9.21. The molecule has 0 aromatic rings. The molecule has 0 saturated carbocycles. The van der Waals surface area contributed by atoms with Gasteiger partial charge in [-0.2, -0.15) is 0 Å². The zero-order chi connectivity index (χ0) is 8.59. The molecule has 0 aromatic carbocycles. The Bertz CT molecular complexity index is 124. The Morgan fingerprint density at radius 2 is 1.18 bits per heavy atom. The lowest BCUT2D eigenvalue weighted by Crippen LogP contribution is -2.55. The van der Waals surface area contributed by atoms with Crippen molar-refractivity contribution in [3.63, 3.8) is 0 Å². The normalized spacial score (nSPS) is 52.6. The van der Waals surface area contributed by atoms with E-state index in [1.165, 1.54) is 0 Å². The standard InChI is InChI=1S/C7H14O4/c1-3-5(8)7(10)6(9)4(2)11-3/h3-10H,1-2H3/t3-,4?,5?,6+,7-/m0/s1. The van der Waals surface area contributed by atoms with Crippen LogP contribution in [0.2, 0.25) is 0 Å². The SMILES string of the molecule is CC1O[C@@H](C)C(O)[C@H](O)[C@@H]1O. The van der Waals surface area contributed by atoms with E-state index < -0.39 is 30.5 Å². The minimum Gasteiger partial charge on any atom is -0.388 e. The first-order valence-electron chi connectivity index (χ1n) is 3.73. The summed E-state index contributed by atoms with van der Waals surface area (Å²) in [4.78, 5) is 0. The number of hydrogen-bond acceptors (Lipinski definition) is 4. The second kappa shape index (κ2) is 3.06. The quantitative estimate of drug-likeness (QED) is 0.422. The molecule has 4 heteroatoms. The van der Waals surface area contributed by atoms with E-state index in [9.17, 15) is 15.3 Å². The number of hydrogen-bond donors (Lipinski definition) is 3. The van der Waals surface area contributed by atoms with Gasteiger partial charge in [0.15, 0.2) is 0 Å². The van der Waals surface area contributed by atoms with Crippen molar-refractivity contribution in [3.8, 4) is 0 Å². The molecular weight excluding hydrogens is 148 g/mol. The lowest BCUT2D eigenvalue weighted by molar-refractivity contribution is -0.211. The molecule has 4 nitrogen and oxygen atoms in total. The van der Waals surface area contributed by atoms with Gasteiger partial charge in [0.2, 0.25) is 0 Å². The monoisotopic (exact) mass is 162 g/mol. The van der Waals surface area contributed by atoms with Crippen LogP contribution in [0.5, 0.6) is 0 Å². The van der Waals surface area contributed by atoms with Gasteiger partial charge in [-0.1, -0.05) is 0 Å². The number of aliphatic hydroxyl groups excluding tert-OH is 3. The topological polar surface area (TPSA) is 69.9 Å². The Kier molecular flexibility index (Phi) is 2.49. The second-order valence-corrected chi connectivity index (χ2v) is 3.02. The largest absolute Gasteiger partial charge is 0.388 e. The van der Waals surface area contributed by atoms with Crippen molar-refractivity contribution in [1.29, 1.82) is 0 Å². The van der Waals surface area contributed by atoms with Crippen LogP contribution >= 0.6 is 0 Å². The van der Waals surface area contributed by atoms with E-state index in [1.807, 2.05) is 0 Å². The van der Waals surface area contributed by atoms with Gasteiger partial charge in [-0.25, -0.2) is 0 Å². The van der Waals surface area contributed by atoms with E-state index >= 15 is 0 Å². The Balaban J connectivity index is 2.63. The highest BCUT2D eigenvalue weighted by Crippen LogP contribution is 2.19. The summed E-state index contributed by atoms with van der Waals surface area (Å²) in [5, 5.41) is 27.6. The predicted molar refractivity (Wildman–Crippen MR) is 38.0 cm³/mol. The van der Waals surface area contributed by atoms with Crippen LogP contribution in [0.3, 0.4) is 0 Å². The Morgan fingerprint density at radius 3 is 1.55 bits per heavy atom. The lowest BCUT2D eigenvalue weighted by atomic mass is 9.97. The molecule has 0 bridgehead atoms. The van der Waals surface area contributed by atoms with Crippen LogP contribution in [0.25, 0.3) is 0 Å². The molecule has 1 fully saturated rings. The molecule has 0 radical (unpaired) electrons. The summed E-state index contributed by atoms with van der Waals surface area (Å²) in [5.41, 5.74) is 0. The zero-order valence-corrected chi connectivity index (χ0v) is 6.64. The van der Waals surface area contributed by atoms with Crippen molar-refractivity contribution < 1.29 is 20.1 Å². The maximum Gasteiger partial charge on any atom is 0.111 e. The first-order valence-corrected chi connectivity index (χ1v) is 3.73. The summed E-state index contributed by atoms with van der Waals surface area (Å²) in [7, 11) is 0. The van der Waals surface area contributed by atoms with Crippen LogP contribution in [0.15, 0.2) is 0 Å². The molecule has 3 N–H and O–H groups in total. The van der Waals surface area contributed by atoms with Gasteiger partial charge in [-0.05, 0) is 13.8 Å². The minimum absolute atomic E-state index is 0.414. The summed E-state index contributed by atoms with van der Waals surface area (Å²) in [6, 6.07) is 0. The molecule has 0 spiro atoms. The maximum absolute atomic E-state index is 9.21. The number of aliphatic hydroxyl groups is 3. The van der Waals surface area contributed by atoms with Crippen LogP contribution in [0.1, 0.15) is 13.8 Å². The molecule has 1 aliphatic heterocycles. The first-order chi connectivity index (χ1) is 5.04. The predicted octanol–water partition coefficient (Wildman–Crippen LogP) is -1.12. The average molecular weight is 162 g/mol. The van der Waals surface area contributed by atoms with E-state index in [4.69, 9.17) is 4.74 Å². The van der Waals surface area contributed by atoms with E-state index in [2.05, 4.69) is 0 Å². The first kappa shape index (κ1) is 8.93. The van der Waals surface area contributed by atoms with Gasteiger partial charge in [0.25, 0.3) is 0 Å². The highest BCUT2D eigenvalue weighted by Gasteiger charge is 2.39. The highest BCUT2D eigenvalue weighted by molar-refractivity contribution is 4.88. The fourth-order valence-electron chi connectivity index (χ4n) is 1.26. The third kappa shape index (κ3) is 1.54. The molecule has 1 aliphatic rings. The van der Waals surface area contributed by atoms with Crippen molar-refractivity contribution in [1.82, 2.24) is 0 Å². The molecule has 2 unspecified atom stereocenters. The van der Waals surface area contributed by atoms with Crippen molar-refractivity contribution in [2.45, 2.75) is 44.4 Å². The molecule has 0 amide bonds. The molecule has 5 atom stereocenters. The summed E-state index contributed by atoms with van der Waals surface area (Å²) in [5.74, 6) is 0. The second-order valence-electron chi connectivity index (χ2n) is 3.02. The van der Waals surface area contributed by atoms with Gasteiger partial charge in [-0.3, -0.25) is 0 Å². The molecule has 1 heterocycles. The fraction of sp³-hybridized carbons (Fsp3) is 1.00. The van der Waals surface area contributed by atoms with Crippen molar-refractivity contribution in [3.05, 3.63) is 0 Å². The highest BCUT2D eigenvalue weighted by atomic mass is 16.5. The van der Waals surface area contributed by atoms with Crippen LogP contribution in [0, 0.1) is 0 Å². The van der Waals surface area contributed by atoms with Crippen LogP contribution < -0.4 is 0 Å². The third-order valence-corrected chi connectivity index (χ3v) is 2.09. The van der Waals surface area contributed by atoms with Crippen LogP contribution in [0.4, 0.5) is 0 Å². The molecule has 0 aromatic heterocycles. The molecular formula is C7H14O4. The Morgan fingerprint density at radius 1 is 0.818 bits per heavy atom. The van der Waals surface area contributed by atoms with Crippen molar-refractivity contribution in [2.75, 3.05) is 0 Å². The number of rotatable bonds is 0. The zero-order valence-electron chi connectivity index (χ0n) is 6.64. The summed E-state index contributed by atoms with van der Waals surface area (Å²) in [6.45, 7) is 3.33. The molecule has 11 heavy (non-hydrogen) atoms. The van der Waals surface area contributed by atoms with Gasteiger partial charge in [0.1, 0.15) is 18.3 Å². The smallest absolute Gasteiger partial charge is 0.111 e. The van der Waals surface area contributed by atoms with E-state index in [0.29, 0.717) is 0 Å². The van der Waals surface area contributed by atoms with Crippen LogP contribution in [-0.4, -0.2) is 45.8 Å². The lowest BCUT2D eigenvalue weighted by Gasteiger charge is -2.37. The van der Waals surface area contributed by atoms with Gasteiger partial charge in [-0.15, -0.1) is 0 Å². The summed E-state index contributed by atoms with van der Waals surface area (Å²) < 4.78 is 5.12. The summed E-state index contributed by atoms with van der Waals surface area (Å²) in [6.07, 6.45) is -3.89. The van der Waals surface area contributed by atoms with E-state index in [1.54, 1.807) is 13.8 Å². The van der Waals surface area contributed by atoms with E-state index in [0.717, 1.165) is 0 Å². The van der Waals surface area contributed by atoms with Gasteiger partial charge in [0, 0.05) is 0 Å². The molecule has 1 saturated heterocycles. The number of ether oxygens (including phenoxy) is 1.